The first-order valence-corrected chi connectivity index (χ1v) is 7.16. The Morgan fingerprint density at radius 1 is 1.45 bits per heavy atom. The minimum Gasteiger partial charge on any atom is -0.462 e. The highest BCUT2D eigenvalue weighted by Gasteiger charge is 2.46. The Kier molecular flexibility index (Phi) is 3.44. The topological polar surface area (TPSA) is 59.2 Å². The van der Waals surface area contributed by atoms with Crippen molar-refractivity contribution in [2.45, 2.75) is 24.6 Å². The molecule has 0 radical (unpaired) electrons. The Labute approximate surface area is 129 Å². The normalized spacial score (nSPS) is 15.8. The Morgan fingerprint density at radius 3 is 2.73 bits per heavy atom. The zero-order valence-corrected chi connectivity index (χ0v) is 12.4. The lowest BCUT2D eigenvalue weighted by Crippen LogP contribution is -2.20. The van der Waals surface area contributed by atoms with Crippen LogP contribution in [0.2, 0.25) is 0 Å². The van der Waals surface area contributed by atoms with Crippen LogP contribution in [-0.4, -0.2) is 17.6 Å². The standard InChI is InChI=1S/C15H12ClF2NO3/c1-2-22-14(21)8-6-19-12-7(13(8)20)5-9(17)11(18)10(12)15(16)3-4-15/h5-6H,2-4H2,1H3,(H,19,20). The van der Waals surface area contributed by atoms with Gasteiger partial charge in [-0.05, 0) is 25.8 Å². The monoisotopic (exact) mass is 327 g/mol. The largest absolute Gasteiger partial charge is 0.462 e. The van der Waals surface area contributed by atoms with Crippen LogP contribution >= 0.6 is 11.6 Å². The molecule has 0 atom stereocenters. The van der Waals surface area contributed by atoms with E-state index in [1.165, 1.54) is 0 Å². The van der Waals surface area contributed by atoms with Crippen LogP contribution < -0.4 is 5.43 Å². The van der Waals surface area contributed by atoms with Crippen LogP contribution in [0.3, 0.4) is 0 Å². The quantitative estimate of drug-likeness (QED) is 0.695. The molecule has 0 aliphatic heterocycles. The number of ether oxygens (including phenoxy) is 1. The van der Waals surface area contributed by atoms with Gasteiger partial charge in [-0.15, -0.1) is 11.6 Å². The molecule has 1 saturated carbocycles. The second kappa shape index (κ2) is 5.05. The highest BCUT2D eigenvalue weighted by molar-refractivity contribution is 6.26. The molecule has 1 heterocycles. The van der Waals surface area contributed by atoms with Crippen molar-refractivity contribution in [1.29, 1.82) is 0 Å². The average molecular weight is 328 g/mol. The maximum Gasteiger partial charge on any atom is 0.343 e. The van der Waals surface area contributed by atoms with Crippen molar-refractivity contribution in [1.82, 2.24) is 4.98 Å². The number of alkyl halides is 1. The van der Waals surface area contributed by atoms with Gasteiger partial charge in [0.05, 0.1) is 17.0 Å². The van der Waals surface area contributed by atoms with Crippen LogP contribution in [0, 0.1) is 11.6 Å². The number of carbonyl (C=O) groups excluding carboxylic acids is 1. The van der Waals surface area contributed by atoms with E-state index in [0.29, 0.717) is 12.8 Å². The summed E-state index contributed by atoms with van der Waals surface area (Å²) in [6.07, 6.45) is 2.13. The summed E-state index contributed by atoms with van der Waals surface area (Å²) < 4.78 is 32.7. The molecule has 2 aromatic rings. The molecule has 1 N–H and O–H groups in total. The zero-order chi connectivity index (χ0) is 16.1. The van der Waals surface area contributed by atoms with Crippen molar-refractivity contribution in [2.24, 2.45) is 0 Å². The van der Waals surface area contributed by atoms with Crippen LogP contribution in [0.25, 0.3) is 10.9 Å². The van der Waals surface area contributed by atoms with Gasteiger partial charge in [-0.3, -0.25) is 4.79 Å². The van der Waals surface area contributed by atoms with Crippen molar-refractivity contribution in [3.63, 3.8) is 0 Å². The van der Waals surface area contributed by atoms with Crippen LogP contribution in [0.4, 0.5) is 8.78 Å². The number of rotatable bonds is 3. The molecule has 0 unspecified atom stereocenters. The van der Waals surface area contributed by atoms with Crippen LogP contribution in [0.1, 0.15) is 35.7 Å². The van der Waals surface area contributed by atoms with Crippen molar-refractivity contribution < 1.29 is 18.3 Å². The van der Waals surface area contributed by atoms with Crippen molar-refractivity contribution >= 4 is 28.5 Å². The number of esters is 1. The Balaban J connectivity index is 2.31. The van der Waals surface area contributed by atoms with E-state index in [-0.39, 0.29) is 28.6 Å². The number of aromatic nitrogens is 1. The fraction of sp³-hybridized carbons (Fsp3) is 0.333. The highest BCUT2D eigenvalue weighted by atomic mass is 35.5. The number of nitrogens with one attached hydrogen (secondary N) is 1. The van der Waals surface area contributed by atoms with E-state index in [0.717, 1.165) is 12.3 Å². The highest BCUT2D eigenvalue weighted by Crippen LogP contribution is 2.54. The predicted molar refractivity (Wildman–Crippen MR) is 77.2 cm³/mol. The van der Waals surface area contributed by atoms with Gasteiger partial charge in [-0.25, -0.2) is 13.6 Å². The second-order valence-electron chi connectivity index (χ2n) is 5.19. The molecular formula is C15H12ClF2NO3. The molecule has 0 bridgehead atoms. The summed E-state index contributed by atoms with van der Waals surface area (Å²) >= 11 is 6.21. The minimum atomic E-state index is -1.17. The van der Waals surface area contributed by atoms with Crippen molar-refractivity contribution in [3.05, 3.63) is 45.2 Å². The summed E-state index contributed by atoms with van der Waals surface area (Å²) in [7, 11) is 0. The molecule has 3 rings (SSSR count). The third kappa shape index (κ3) is 2.18. The summed E-state index contributed by atoms with van der Waals surface area (Å²) in [6.45, 7) is 1.70. The van der Waals surface area contributed by atoms with Crippen molar-refractivity contribution in [3.8, 4) is 0 Å². The number of fused-ring (bicyclic) bond motifs is 1. The van der Waals surface area contributed by atoms with Gasteiger partial charge >= 0.3 is 5.97 Å². The molecular weight excluding hydrogens is 316 g/mol. The van der Waals surface area contributed by atoms with Crippen molar-refractivity contribution in [2.75, 3.05) is 6.61 Å². The first-order chi connectivity index (χ1) is 10.4. The molecule has 1 aliphatic rings. The smallest absolute Gasteiger partial charge is 0.343 e. The van der Waals surface area contributed by atoms with Gasteiger partial charge in [0.15, 0.2) is 11.6 Å². The fourth-order valence-corrected chi connectivity index (χ4v) is 2.72. The van der Waals surface area contributed by atoms with Gasteiger partial charge in [-0.1, -0.05) is 0 Å². The molecule has 1 aromatic heterocycles. The summed E-state index contributed by atoms with van der Waals surface area (Å²) in [5.41, 5.74) is -0.917. The maximum absolute atomic E-state index is 14.1. The SMILES string of the molecule is CCOC(=O)c1c[nH]c2c(C3(Cl)CC3)c(F)c(F)cc2c1=O. The number of H-pyrrole nitrogens is 1. The molecule has 1 fully saturated rings. The van der Waals surface area contributed by atoms with Gasteiger partial charge in [-0.2, -0.15) is 0 Å². The Bertz CT molecular complexity index is 843. The number of carbonyl (C=O) groups is 1. The summed E-state index contributed by atoms with van der Waals surface area (Å²) in [6, 6.07) is 0.776. The van der Waals surface area contributed by atoms with E-state index >= 15 is 0 Å². The first kappa shape index (κ1) is 15.0. The van der Waals surface area contributed by atoms with Crippen LogP contribution in [0.5, 0.6) is 0 Å². The summed E-state index contributed by atoms with van der Waals surface area (Å²) in [5, 5.41) is -0.119. The van der Waals surface area contributed by atoms with E-state index in [1.807, 2.05) is 0 Å². The number of halogens is 3. The van der Waals surface area contributed by atoms with Gasteiger partial charge in [0.25, 0.3) is 0 Å². The lowest BCUT2D eigenvalue weighted by molar-refractivity contribution is 0.0524. The lowest BCUT2D eigenvalue weighted by atomic mass is 10.0. The molecule has 7 heteroatoms. The van der Waals surface area contributed by atoms with E-state index in [4.69, 9.17) is 16.3 Å². The molecule has 0 saturated heterocycles. The van der Waals surface area contributed by atoms with Gasteiger partial charge < -0.3 is 9.72 Å². The van der Waals surface area contributed by atoms with Gasteiger partial charge in [0.2, 0.25) is 5.43 Å². The molecule has 0 spiro atoms. The predicted octanol–water partition coefficient (Wildman–Crippen LogP) is 3.21. The third-order valence-corrected chi connectivity index (χ3v) is 4.27. The Hall–Kier alpha value is -1.95. The molecule has 1 aliphatic carbocycles. The Morgan fingerprint density at radius 2 is 2.14 bits per heavy atom. The van der Waals surface area contributed by atoms with Gasteiger partial charge in [0, 0.05) is 17.1 Å². The molecule has 1 aromatic carbocycles. The first-order valence-electron chi connectivity index (χ1n) is 6.79. The number of benzene rings is 1. The minimum absolute atomic E-state index is 0.0586. The van der Waals surface area contributed by atoms with E-state index in [9.17, 15) is 18.4 Å². The number of hydrogen-bond acceptors (Lipinski definition) is 3. The summed E-state index contributed by atoms with van der Waals surface area (Å²) in [5.74, 6) is -3.05. The maximum atomic E-state index is 14.1. The molecule has 4 nitrogen and oxygen atoms in total. The fourth-order valence-electron chi connectivity index (χ4n) is 2.45. The summed E-state index contributed by atoms with van der Waals surface area (Å²) in [4.78, 5) is 25.8. The van der Waals surface area contributed by atoms with E-state index in [2.05, 4.69) is 4.98 Å². The zero-order valence-electron chi connectivity index (χ0n) is 11.6. The van der Waals surface area contributed by atoms with E-state index in [1.54, 1.807) is 6.92 Å². The second-order valence-corrected chi connectivity index (χ2v) is 5.91. The number of aromatic amines is 1. The third-order valence-electron chi connectivity index (χ3n) is 3.70. The van der Waals surface area contributed by atoms with Crippen LogP contribution in [-0.2, 0) is 9.61 Å². The molecule has 116 valence electrons. The van der Waals surface area contributed by atoms with Crippen LogP contribution in [0.15, 0.2) is 17.1 Å². The number of hydrogen-bond donors (Lipinski definition) is 1. The van der Waals surface area contributed by atoms with Gasteiger partial charge in [0.1, 0.15) is 5.56 Å². The lowest BCUT2D eigenvalue weighted by Gasteiger charge is -2.13. The molecule has 22 heavy (non-hydrogen) atoms. The molecule has 0 amide bonds. The number of pyridine rings is 1. The average Bonchev–Trinajstić information content (AvgIpc) is 3.20. The van der Waals surface area contributed by atoms with E-state index < -0.39 is 27.9 Å².